The van der Waals surface area contributed by atoms with Crippen molar-refractivity contribution in [1.82, 2.24) is 4.90 Å². The van der Waals surface area contributed by atoms with E-state index in [1.165, 1.54) is 0 Å². The standard InChI is InChI=1S/C17H27Br2NO2S/c1-17(2,3)22-16(21)20-12-6-4-10(18)8-14(12)23-15-9-11(19)5-7-13(15)20/h10-15H,4-9H2,1-3H3. The Balaban J connectivity index is 1.83. The van der Waals surface area contributed by atoms with Crippen LogP contribution in [-0.4, -0.2) is 48.8 Å². The smallest absolute Gasteiger partial charge is 0.410 e. The van der Waals surface area contributed by atoms with Crippen molar-refractivity contribution in [1.29, 1.82) is 0 Å². The van der Waals surface area contributed by atoms with Gasteiger partial charge in [0.25, 0.3) is 0 Å². The van der Waals surface area contributed by atoms with Gasteiger partial charge in [-0.2, -0.15) is 11.8 Å². The summed E-state index contributed by atoms with van der Waals surface area (Å²) in [5, 5.41) is 1.08. The Hall–Kier alpha value is 0.580. The molecule has 1 aliphatic heterocycles. The molecule has 1 saturated heterocycles. The number of nitrogens with zero attached hydrogens (tertiary/aromatic N) is 1. The van der Waals surface area contributed by atoms with Gasteiger partial charge in [0.2, 0.25) is 0 Å². The van der Waals surface area contributed by atoms with Crippen LogP contribution in [0, 0.1) is 0 Å². The summed E-state index contributed by atoms with van der Waals surface area (Å²) in [4.78, 5) is 16.3. The molecule has 0 radical (unpaired) electrons. The molecular weight excluding hydrogens is 442 g/mol. The van der Waals surface area contributed by atoms with Gasteiger partial charge in [0.15, 0.2) is 0 Å². The first-order valence-electron chi connectivity index (χ1n) is 8.69. The van der Waals surface area contributed by atoms with Gasteiger partial charge < -0.3 is 9.64 Å². The molecule has 3 rings (SSSR count). The third-order valence-electron chi connectivity index (χ3n) is 5.05. The lowest BCUT2D eigenvalue weighted by Gasteiger charge is -2.54. The molecule has 1 amide bonds. The highest BCUT2D eigenvalue weighted by atomic mass is 79.9. The second-order valence-electron chi connectivity index (χ2n) is 8.06. The first-order valence-corrected chi connectivity index (χ1v) is 11.5. The van der Waals surface area contributed by atoms with Crippen LogP contribution in [0.4, 0.5) is 4.79 Å². The lowest BCUT2D eigenvalue weighted by Crippen LogP contribution is -2.62. The normalized spacial score (nSPS) is 41.0. The van der Waals surface area contributed by atoms with Gasteiger partial charge in [-0.05, 0) is 59.3 Å². The molecule has 0 aromatic heterocycles. The Labute approximate surface area is 160 Å². The molecule has 3 aliphatic rings. The maximum Gasteiger partial charge on any atom is 0.410 e. The zero-order valence-corrected chi connectivity index (χ0v) is 18.1. The third-order valence-corrected chi connectivity index (χ3v) is 8.43. The van der Waals surface area contributed by atoms with Crippen LogP contribution in [0.5, 0.6) is 0 Å². The molecule has 0 spiro atoms. The molecule has 2 saturated carbocycles. The van der Waals surface area contributed by atoms with Gasteiger partial charge >= 0.3 is 6.09 Å². The Kier molecular flexibility index (Phi) is 5.64. The van der Waals surface area contributed by atoms with Crippen molar-refractivity contribution in [2.24, 2.45) is 0 Å². The summed E-state index contributed by atoms with van der Waals surface area (Å²) in [5.74, 6) is 0. The number of ether oxygens (including phenoxy) is 1. The number of fused-ring (bicyclic) bond motifs is 2. The maximum atomic E-state index is 13.0. The van der Waals surface area contributed by atoms with E-state index < -0.39 is 5.60 Å². The summed E-state index contributed by atoms with van der Waals surface area (Å²) in [6.07, 6.45) is 6.71. The molecule has 0 aromatic rings. The summed E-state index contributed by atoms with van der Waals surface area (Å²) in [6, 6.07) is 0.688. The van der Waals surface area contributed by atoms with Crippen LogP contribution in [0.25, 0.3) is 0 Å². The van der Waals surface area contributed by atoms with Gasteiger partial charge in [-0.1, -0.05) is 31.9 Å². The fraction of sp³-hybridized carbons (Fsp3) is 0.941. The lowest BCUT2D eigenvalue weighted by molar-refractivity contribution is -0.00521. The van der Waals surface area contributed by atoms with Gasteiger partial charge in [0.05, 0.1) is 0 Å². The van der Waals surface area contributed by atoms with E-state index in [-0.39, 0.29) is 6.09 Å². The molecule has 23 heavy (non-hydrogen) atoms. The van der Waals surface area contributed by atoms with Gasteiger partial charge in [-0.3, -0.25) is 0 Å². The van der Waals surface area contributed by atoms with Gasteiger partial charge in [-0.15, -0.1) is 0 Å². The van der Waals surface area contributed by atoms with E-state index in [4.69, 9.17) is 4.74 Å². The molecule has 0 aromatic carbocycles. The summed E-state index contributed by atoms with van der Waals surface area (Å²) in [5.41, 5.74) is -0.425. The Bertz CT molecular complexity index is 430. The minimum atomic E-state index is -0.425. The first kappa shape index (κ1) is 18.4. The number of carbonyl (C=O) groups excluding carboxylic acids is 1. The average Bonchev–Trinajstić information content (AvgIpc) is 2.42. The van der Waals surface area contributed by atoms with E-state index in [1.807, 2.05) is 20.8 Å². The number of amides is 1. The first-order chi connectivity index (χ1) is 10.7. The van der Waals surface area contributed by atoms with E-state index in [0.717, 1.165) is 38.5 Å². The number of alkyl halides is 2. The minimum Gasteiger partial charge on any atom is -0.444 e. The van der Waals surface area contributed by atoms with Crippen LogP contribution < -0.4 is 0 Å². The zero-order chi connectivity index (χ0) is 16.8. The number of halogens is 2. The fourth-order valence-corrected chi connectivity index (χ4v) is 7.98. The van der Waals surface area contributed by atoms with E-state index >= 15 is 0 Å². The van der Waals surface area contributed by atoms with Gasteiger partial charge in [0, 0.05) is 32.2 Å². The molecular formula is C17H27Br2NO2S. The van der Waals surface area contributed by atoms with Crippen LogP contribution in [-0.2, 0) is 4.74 Å². The topological polar surface area (TPSA) is 29.5 Å². The molecule has 6 heteroatoms. The molecule has 0 bridgehead atoms. The SMILES string of the molecule is CC(C)(C)OC(=O)N1C2CCC(Br)CC2SC2CC(Br)CCC21. The highest BCUT2D eigenvalue weighted by Gasteiger charge is 2.50. The molecule has 2 aliphatic carbocycles. The Morgan fingerprint density at radius 2 is 1.48 bits per heavy atom. The van der Waals surface area contributed by atoms with Crippen molar-refractivity contribution in [2.75, 3.05) is 0 Å². The maximum absolute atomic E-state index is 13.0. The Morgan fingerprint density at radius 3 is 1.91 bits per heavy atom. The number of thioether (sulfide) groups is 1. The quantitative estimate of drug-likeness (QED) is 0.449. The number of carbonyl (C=O) groups is 1. The molecule has 132 valence electrons. The minimum absolute atomic E-state index is 0.0937. The monoisotopic (exact) mass is 467 g/mol. The molecule has 6 unspecified atom stereocenters. The Morgan fingerprint density at radius 1 is 1.00 bits per heavy atom. The highest BCUT2D eigenvalue weighted by molar-refractivity contribution is 9.09. The van der Waals surface area contributed by atoms with Crippen LogP contribution >= 0.6 is 43.6 Å². The number of hydrogen-bond donors (Lipinski definition) is 0. The van der Waals surface area contributed by atoms with Crippen molar-refractivity contribution < 1.29 is 9.53 Å². The summed E-state index contributed by atoms with van der Waals surface area (Å²) in [6.45, 7) is 5.88. The molecule has 1 heterocycles. The lowest BCUT2D eigenvalue weighted by atomic mass is 9.87. The van der Waals surface area contributed by atoms with Crippen molar-refractivity contribution in [2.45, 2.75) is 97.1 Å². The average molecular weight is 469 g/mol. The van der Waals surface area contributed by atoms with Crippen LogP contribution in [0.2, 0.25) is 0 Å². The van der Waals surface area contributed by atoms with Crippen LogP contribution in [0.3, 0.4) is 0 Å². The highest BCUT2D eigenvalue weighted by Crippen LogP contribution is 2.48. The van der Waals surface area contributed by atoms with E-state index in [9.17, 15) is 4.79 Å². The van der Waals surface area contributed by atoms with Crippen molar-refractivity contribution in [3.63, 3.8) is 0 Å². The van der Waals surface area contributed by atoms with Crippen molar-refractivity contribution in [3.05, 3.63) is 0 Å². The molecule has 3 fully saturated rings. The number of rotatable bonds is 0. The summed E-state index contributed by atoms with van der Waals surface area (Å²) < 4.78 is 5.78. The van der Waals surface area contributed by atoms with Crippen molar-refractivity contribution in [3.8, 4) is 0 Å². The number of hydrogen-bond acceptors (Lipinski definition) is 3. The molecule has 6 atom stereocenters. The third kappa shape index (κ3) is 4.22. The van der Waals surface area contributed by atoms with E-state index in [2.05, 4.69) is 48.5 Å². The zero-order valence-electron chi connectivity index (χ0n) is 14.1. The van der Waals surface area contributed by atoms with Crippen molar-refractivity contribution >= 4 is 49.7 Å². The predicted molar refractivity (Wildman–Crippen MR) is 104 cm³/mol. The van der Waals surface area contributed by atoms with E-state index in [1.54, 1.807) is 0 Å². The van der Waals surface area contributed by atoms with Crippen LogP contribution in [0.1, 0.15) is 59.3 Å². The largest absolute Gasteiger partial charge is 0.444 e. The second-order valence-corrected chi connectivity index (χ2v) is 12.1. The summed E-state index contributed by atoms with van der Waals surface area (Å²) in [7, 11) is 0. The van der Waals surface area contributed by atoms with Crippen LogP contribution in [0.15, 0.2) is 0 Å². The second kappa shape index (κ2) is 7.06. The summed E-state index contributed by atoms with van der Waals surface area (Å²) >= 11 is 9.73. The van der Waals surface area contributed by atoms with Gasteiger partial charge in [0.1, 0.15) is 5.60 Å². The predicted octanol–water partition coefficient (Wildman–Crippen LogP) is 5.34. The van der Waals surface area contributed by atoms with E-state index in [0.29, 0.717) is 32.2 Å². The molecule has 3 nitrogen and oxygen atoms in total. The van der Waals surface area contributed by atoms with Gasteiger partial charge in [-0.25, -0.2) is 4.79 Å². The fourth-order valence-electron chi connectivity index (χ4n) is 4.11. The molecule has 0 N–H and O–H groups in total.